The average Bonchev–Trinajstić information content (AvgIpc) is 2.33. The highest BCUT2D eigenvalue weighted by atomic mass is 79.9. The van der Waals surface area contributed by atoms with E-state index < -0.39 is 0 Å². The van der Waals surface area contributed by atoms with Crippen LogP contribution < -0.4 is 14.8 Å². The van der Waals surface area contributed by atoms with E-state index >= 15 is 0 Å². The molecule has 0 heterocycles. The van der Waals surface area contributed by atoms with Crippen LogP contribution in [0.15, 0.2) is 28.8 Å². The zero-order valence-corrected chi connectivity index (χ0v) is 14.6. The molecule has 4 heteroatoms. The van der Waals surface area contributed by atoms with Crippen LogP contribution in [0.4, 0.5) is 0 Å². The van der Waals surface area contributed by atoms with Gasteiger partial charge in [0, 0.05) is 12.1 Å². The molecule has 0 fully saturated rings. The summed E-state index contributed by atoms with van der Waals surface area (Å²) < 4.78 is 12.0. The van der Waals surface area contributed by atoms with Crippen molar-refractivity contribution in [2.24, 2.45) is 0 Å². The van der Waals surface area contributed by atoms with Crippen LogP contribution in [0.1, 0.15) is 33.3 Å². The van der Waals surface area contributed by atoms with E-state index in [0.29, 0.717) is 6.61 Å². The molecule has 0 unspecified atom stereocenters. The van der Waals surface area contributed by atoms with Gasteiger partial charge in [-0.05, 0) is 66.9 Å². The fourth-order valence-corrected chi connectivity index (χ4v) is 2.18. The highest BCUT2D eigenvalue weighted by molar-refractivity contribution is 9.10. The Hall–Kier alpha value is -1.00. The topological polar surface area (TPSA) is 30.5 Å². The maximum atomic E-state index is 5.73. The molecule has 0 bridgehead atoms. The fourth-order valence-electron chi connectivity index (χ4n) is 1.58. The van der Waals surface area contributed by atoms with Crippen molar-refractivity contribution in [1.29, 1.82) is 0 Å². The highest BCUT2D eigenvalue weighted by Gasteiger charge is 2.14. The van der Waals surface area contributed by atoms with E-state index in [2.05, 4.69) is 54.7 Å². The molecule has 1 aromatic rings. The Morgan fingerprint density at radius 2 is 2.00 bits per heavy atom. The standard InChI is InChI=1S/C16H24BrNO2/c1-11(2)10-20-15-13(17)7-12(8-14(15)19-6)9-18-16(3,4)5/h7-8,18H,1,9-10H2,2-6H3. The van der Waals surface area contributed by atoms with E-state index in [9.17, 15) is 0 Å². The lowest BCUT2D eigenvalue weighted by atomic mass is 10.1. The molecule has 0 radical (unpaired) electrons. The first kappa shape index (κ1) is 17.1. The molecule has 1 aromatic carbocycles. The van der Waals surface area contributed by atoms with Crippen molar-refractivity contribution in [2.45, 2.75) is 39.8 Å². The molecule has 1 rings (SSSR count). The molecule has 0 aliphatic heterocycles. The molecule has 0 aliphatic rings. The number of rotatable bonds is 6. The summed E-state index contributed by atoms with van der Waals surface area (Å²) in [7, 11) is 1.65. The predicted octanol–water partition coefficient (Wildman–Crippen LogP) is 4.30. The van der Waals surface area contributed by atoms with Gasteiger partial charge in [-0.1, -0.05) is 6.58 Å². The summed E-state index contributed by atoms with van der Waals surface area (Å²) in [5, 5.41) is 3.46. The number of hydrogen-bond donors (Lipinski definition) is 1. The zero-order valence-electron chi connectivity index (χ0n) is 13.0. The van der Waals surface area contributed by atoms with Crippen molar-refractivity contribution in [3.8, 4) is 11.5 Å². The van der Waals surface area contributed by atoms with E-state index in [4.69, 9.17) is 9.47 Å². The normalized spacial score (nSPS) is 11.3. The Labute approximate surface area is 130 Å². The number of benzene rings is 1. The third-order valence-corrected chi connectivity index (χ3v) is 3.16. The Morgan fingerprint density at radius 1 is 1.35 bits per heavy atom. The van der Waals surface area contributed by atoms with Crippen molar-refractivity contribution in [3.63, 3.8) is 0 Å². The molecule has 0 saturated carbocycles. The quantitative estimate of drug-likeness (QED) is 0.782. The lowest BCUT2D eigenvalue weighted by molar-refractivity contribution is 0.317. The minimum absolute atomic E-state index is 0.0782. The van der Waals surface area contributed by atoms with E-state index in [1.807, 2.05) is 13.0 Å². The molecule has 0 saturated heterocycles. The molecule has 0 spiro atoms. The maximum Gasteiger partial charge on any atom is 0.175 e. The van der Waals surface area contributed by atoms with Crippen LogP contribution in [0.5, 0.6) is 11.5 Å². The van der Waals surface area contributed by atoms with E-state index in [-0.39, 0.29) is 5.54 Å². The molecular formula is C16H24BrNO2. The van der Waals surface area contributed by atoms with Gasteiger partial charge in [0.25, 0.3) is 0 Å². The summed E-state index contributed by atoms with van der Waals surface area (Å²) in [6.07, 6.45) is 0. The van der Waals surface area contributed by atoms with Crippen molar-refractivity contribution < 1.29 is 9.47 Å². The van der Waals surface area contributed by atoms with Crippen LogP contribution in [0.3, 0.4) is 0 Å². The smallest absolute Gasteiger partial charge is 0.175 e. The van der Waals surface area contributed by atoms with Crippen LogP contribution in [-0.4, -0.2) is 19.3 Å². The van der Waals surface area contributed by atoms with E-state index in [1.165, 1.54) is 0 Å². The SMILES string of the molecule is C=C(C)COc1c(Br)cc(CNC(C)(C)C)cc1OC. The van der Waals surface area contributed by atoms with E-state index in [0.717, 1.165) is 33.7 Å². The van der Waals surface area contributed by atoms with Crippen molar-refractivity contribution >= 4 is 15.9 Å². The fraction of sp³-hybridized carbons (Fsp3) is 0.500. The van der Waals surface area contributed by atoms with Crippen molar-refractivity contribution in [3.05, 3.63) is 34.3 Å². The van der Waals surface area contributed by atoms with Crippen LogP contribution >= 0.6 is 15.9 Å². The number of nitrogens with one attached hydrogen (secondary N) is 1. The Bertz CT molecular complexity index is 478. The molecule has 3 nitrogen and oxygen atoms in total. The second kappa shape index (κ2) is 7.14. The second-order valence-electron chi connectivity index (χ2n) is 5.96. The second-order valence-corrected chi connectivity index (χ2v) is 6.81. The maximum absolute atomic E-state index is 5.73. The Morgan fingerprint density at radius 3 is 2.50 bits per heavy atom. The summed E-state index contributed by atoms with van der Waals surface area (Å²) in [6.45, 7) is 13.5. The Kier molecular flexibility index (Phi) is 6.08. The van der Waals surface area contributed by atoms with Crippen LogP contribution in [-0.2, 0) is 6.54 Å². The van der Waals surface area contributed by atoms with Gasteiger partial charge in [-0.25, -0.2) is 0 Å². The van der Waals surface area contributed by atoms with E-state index in [1.54, 1.807) is 7.11 Å². The van der Waals surface area contributed by atoms with Gasteiger partial charge in [-0.15, -0.1) is 0 Å². The predicted molar refractivity (Wildman–Crippen MR) is 87.6 cm³/mol. The van der Waals surface area contributed by atoms with Gasteiger partial charge in [0.2, 0.25) is 0 Å². The molecule has 1 N–H and O–H groups in total. The van der Waals surface area contributed by atoms with Gasteiger partial charge in [0.05, 0.1) is 11.6 Å². The monoisotopic (exact) mass is 341 g/mol. The molecule has 0 aromatic heterocycles. The summed E-state index contributed by atoms with van der Waals surface area (Å²) in [5.74, 6) is 1.45. The van der Waals surface area contributed by atoms with Crippen LogP contribution in [0.2, 0.25) is 0 Å². The molecular weight excluding hydrogens is 318 g/mol. The molecule has 0 atom stereocenters. The summed E-state index contributed by atoms with van der Waals surface area (Å²) in [4.78, 5) is 0. The Balaban J connectivity index is 2.92. The van der Waals surface area contributed by atoms with Crippen LogP contribution in [0.25, 0.3) is 0 Å². The number of halogens is 1. The highest BCUT2D eigenvalue weighted by Crippen LogP contribution is 2.37. The van der Waals surface area contributed by atoms with Gasteiger partial charge in [-0.2, -0.15) is 0 Å². The third-order valence-electron chi connectivity index (χ3n) is 2.57. The molecule has 20 heavy (non-hydrogen) atoms. The van der Waals surface area contributed by atoms with Gasteiger partial charge < -0.3 is 14.8 Å². The summed E-state index contributed by atoms with van der Waals surface area (Å²) in [6, 6.07) is 4.05. The molecule has 0 aliphatic carbocycles. The van der Waals surface area contributed by atoms with Gasteiger partial charge >= 0.3 is 0 Å². The average molecular weight is 342 g/mol. The van der Waals surface area contributed by atoms with Gasteiger partial charge in [0.1, 0.15) is 6.61 Å². The van der Waals surface area contributed by atoms with Crippen LogP contribution in [0, 0.1) is 0 Å². The minimum Gasteiger partial charge on any atom is -0.493 e. The first-order valence-corrected chi connectivity index (χ1v) is 7.41. The van der Waals surface area contributed by atoms with Gasteiger partial charge in [-0.3, -0.25) is 0 Å². The van der Waals surface area contributed by atoms with Gasteiger partial charge in [0.15, 0.2) is 11.5 Å². The number of methoxy groups -OCH3 is 1. The largest absolute Gasteiger partial charge is 0.493 e. The molecule has 0 amide bonds. The first-order chi connectivity index (χ1) is 9.23. The third kappa shape index (κ3) is 5.55. The van der Waals surface area contributed by atoms with Crippen molar-refractivity contribution in [2.75, 3.05) is 13.7 Å². The van der Waals surface area contributed by atoms with Crippen molar-refractivity contribution in [1.82, 2.24) is 5.32 Å². The lowest BCUT2D eigenvalue weighted by Crippen LogP contribution is -2.35. The zero-order chi connectivity index (χ0) is 15.3. The summed E-state index contributed by atoms with van der Waals surface area (Å²) in [5.41, 5.74) is 2.19. The minimum atomic E-state index is 0.0782. The number of hydrogen-bond acceptors (Lipinski definition) is 3. The summed E-state index contributed by atoms with van der Waals surface area (Å²) >= 11 is 3.55. The number of ether oxygens (including phenoxy) is 2. The lowest BCUT2D eigenvalue weighted by Gasteiger charge is -2.21. The molecule has 112 valence electrons. The first-order valence-electron chi connectivity index (χ1n) is 6.61.